The standard InChI is InChI=1S/C8H15IN4/c1-7(2,3)13-11-6(10-12-13)8(4,5)9/h1-5H3. The summed E-state index contributed by atoms with van der Waals surface area (Å²) in [7, 11) is 0. The molecule has 74 valence electrons. The Hall–Kier alpha value is -0.200. The Balaban J connectivity index is 3.01. The average Bonchev–Trinajstić information content (AvgIpc) is 2.28. The summed E-state index contributed by atoms with van der Waals surface area (Å²) in [5.41, 5.74) is -0.0901. The van der Waals surface area contributed by atoms with Crippen LogP contribution in [0, 0.1) is 0 Å². The van der Waals surface area contributed by atoms with Gasteiger partial charge in [-0.2, -0.15) is 4.80 Å². The maximum atomic E-state index is 4.34. The molecule has 0 N–H and O–H groups in total. The van der Waals surface area contributed by atoms with Gasteiger partial charge in [-0.1, -0.05) is 22.6 Å². The fourth-order valence-electron chi connectivity index (χ4n) is 0.736. The molecular weight excluding hydrogens is 279 g/mol. The summed E-state index contributed by atoms with van der Waals surface area (Å²) in [6, 6.07) is 0. The Labute approximate surface area is 92.2 Å². The van der Waals surface area contributed by atoms with Gasteiger partial charge in [0.2, 0.25) is 0 Å². The van der Waals surface area contributed by atoms with Crippen molar-refractivity contribution in [2.75, 3.05) is 0 Å². The van der Waals surface area contributed by atoms with Crippen LogP contribution in [0.25, 0.3) is 0 Å². The highest BCUT2D eigenvalue weighted by atomic mass is 127. The number of halogens is 1. The summed E-state index contributed by atoms with van der Waals surface area (Å²) in [5, 5.41) is 12.4. The topological polar surface area (TPSA) is 43.6 Å². The lowest BCUT2D eigenvalue weighted by Crippen LogP contribution is -2.25. The summed E-state index contributed by atoms with van der Waals surface area (Å²) in [4.78, 5) is 1.66. The van der Waals surface area contributed by atoms with Gasteiger partial charge in [0.1, 0.15) is 0 Å². The highest BCUT2D eigenvalue weighted by Gasteiger charge is 2.25. The van der Waals surface area contributed by atoms with Gasteiger partial charge in [-0.05, 0) is 39.8 Å². The Morgan fingerprint density at radius 2 is 1.69 bits per heavy atom. The highest BCUT2D eigenvalue weighted by molar-refractivity contribution is 14.1. The van der Waals surface area contributed by atoms with Gasteiger partial charge in [-0.15, -0.1) is 10.2 Å². The van der Waals surface area contributed by atoms with E-state index in [9.17, 15) is 0 Å². The molecule has 13 heavy (non-hydrogen) atoms. The van der Waals surface area contributed by atoms with Crippen molar-refractivity contribution < 1.29 is 0 Å². The molecule has 5 heteroatoms. The third-order valence-electron chi connectivity index (χ3n) is 1.55. The summed E-state index contributed by atoms with van der Waals surface area (Å²) in [6.45, 7) is 10.3. The monoisotopic (exact) mass is 294 g/mol. The number of aromatic nitrogens is 4. The molecule has 4 nitrogen and oxygen atoms in total. The van der Waals surface area contributed by atoms with Crippen molar-refractivity contribution in [3.8, 4) is 0 Å². The van der Waals surface area contributed by atoms with Crippen LogP contribution in [0.5, 0.6) is 0 Å². The van der Waals surface area contributed by atoms with Crippen LogP contribution in [0.3, 0.4) is 0 Å². The summed E-state index contributed by atoms with van der Waals surface area (Å²) in [5.74, 6) is 0.781. The van der Waals surface area contributed by atoms with Crippen LogP contribution < -0.4 is 0 Å². The molecule has 0 unspecified atom stereocenters. The smallest absolute Gasteiger partial charge is 0.159 e. The van der Waals surface area contributed by atoms with E-state index in [1.165, 1.54) is 0 Å². The maximum absolute atomic E-state index is 4.34. The maximum Gasteiger partial charge on any atom is 0.190 e. The van der Waals surface area contributed by atoms with Crippen LogP contribution in [-0.4, -0.2) is 20.2 Å². The van der Waals surface area contributed by atoms with Crippen molar-refractivity contribution in [2.45, 2.75) is 43.6 Å². The average molecular weight is 294 g/mol. The zero-order valence-electron chi connectivity index (χ0n) is 8.67. The van der Waals surface area contributed by atoms with E-state index in [4.69, 9.17) is 0 Å². The van der Waals surface area contributed by atoms with Crippen molar-refractivity contribution in [2.24, 2.45) is 0 Å². The predicted octanol–water partition coefficient (Wildman–Crippen LogP) is 2.10. The lowest BCUT2D eigenvalue weighted by Gasteiger charge is -2.16. The number of rotatable bonds is 1. The molecule has 1 aromatic rings. The minimum absolute atomic E-state index is 0.0543. The van der Waals surface area contributed by atoms with Crippen molar-refractivity contribution >= 4 is 22.6 Å². The molecule has 1 aromatic heterocycles. The van der Waals surface area contributed by atoms with E-state index < -0.39 is 0 Å². The molecule has 0 spiro atoms. The molecule has 0 aliphatic carbocycles. The predicted molar refractivity (Wildman–Crippen MR) is 59.9 cm³/mol. The zero-order chi connectivity index (χ0) is 10.3. The lowest BCUT2D eigenvalue weighted by molar-refractivity contribution is 0.305. The van der Waals surface area contributed by atoms with Gasteiger partial charge in [0, 0.05) is 0 Å². The molecule has 0 aliphatic rings. The Morgan fingerprint density at radius 1 is 1.15 bits per heavy atom. The van der Waals surface area contributed by atoms with Crippen LogP contribution in [-0.2, 0) is 8.96 Å². The molecule has 0 radical (unpaired) electrons. The van der Waals surface area contributed by atoms with Gasteiger partial charge in [0.15, 0.2) is 5.82 Å². The second-order valence-electron chi connectivity index (χ2n) is 4.55. The second kappa shape index (κ2) is 3.18. The molecule has 0 amide bonds. The van der Waals surface area contributed by atoms with Crippen LogP contribution >= 0.6 is 22.6 Å². The van der Waals surface area contributed by atoms with E-state index >= 15 is 0 Å². The van der Waals surface area contributed by atoms with E-state index in [2.05, 4.69) is 72.6 Å². The first-order valence-electron chi connectivity index (χ1n) is 4.21. The van der Waals surface area contributed by atoms with Gasteiger partial charge in [-0.25, -0.2) is 0 Å². The van der Waals surface area contributed by atoms with E-state index in [-0.39, 0.29) is 8.96 Å². The van der Waals surface area contributed by atoms with Crippen molar-refractivity contribution in [3.05, 3.63) is 5.82 Å². The lowest BCUT2D eigenvalue weighted by atomic mass is 10.1. The first-order chi connectivity index (χ1) is 5.71. The molecule has 1 heterocycles. The Bertz CT molecular complexity index is 263. The van der Waals surface area contributed by atoms with Crippen LogP contribution in [0.4, 0.5) is 0 Å². The van der Waals surface area contributed by atoms with Crippen molar-refractivity contribution in [1.29, 1.82) is 0 Å². The Kier molecular flexibility index (Phi) is 2.66. The largest absolute Gasteiger partial charge is 0.190 e. The number of nitrogens with zero attached hydrogens (tertiary/aromatic N) is 4. The van der Waals surface area contributed by atoms with Gasteiger partial charge in [0.05, 0.1) is 8.96 Å². The first-order valence-corrected chi connectivity index (χ1v) is 5.29. The van der Waals surface area contributed by atoms with Gasteiger partial charge >= 0.3 is 0 Å². The molecule has 0 saturated heterocycles. The second-order valence-corrected chi connectivity index (χ2v) is 7.24. The number of alkyl halides is 1. The molecule has 1 rings (SSSR count). The normalized spacial score (nSPS) is 13.4. The fraction of sp³-hybridized carbons (Fsp3) is 0.875. The highest BCUT2D eigenvalue weighted by Crippen LogP contribution is 2.27. The quantitative estimate of drug-likeness (QED) is 0.588. The number of hydrogen-bond donors (Lipinski definition) is 0. The van der Waals surface area contributed by atoms with Crippen LogP contribution in [0.15, 0.2) is 0 Å². The fourth-order valence-corrected chi connectivity index (χ4v) is 0.952. The molecule has 0 saturated carbocycles. The molecule has 0 aromatic carbocycles. The first kappa shape index (κ1) is 10.9. The SMILES string of the molecule is CC(C)(I)c1nnn(C(C)(C)C)n1. The minimum atomic E-state index is -0.0901. The minimum Gasteiger partial charge on any atom is -0.159 e. The molecule has 0 aliphatic heterocycles. The molecular formula is C8H15IN4. The van der Waals surface area contributed by atoms with Gasteiger partial charge in [-0.3, -0.25) is 0 Å². The molecule has 0 fully saturated rings. The number of hydrogen-bond acceptors (Lipinski definition) is 3. The molecule has 0 atom stereocenters. The number of tetrazole rings is 1. The van der Waals surface area contributed by atoms with E-state index in [0.29, 0.717) is 0 Å². The van der Waals surface area contributed by atoms with Crippen LogP contribution in [0.2, 0.25) is 0 Å². The third kappa shape index (κ3) is 2.62. The zero-order valence-corrected chi connectivity index (χ0v) is 10.8. The van der Waals surface area contributed by atoms with Crippen LogP contribution in [0.1, 0.15) is 40.4 Å². The van der Waals surface area contributed by atoms with E-state index in [1.807, 2.05) is 0 Å². The van der Waals surface area contributed by atoms with Gasteiger partial charge in [0.25, 0.3) is 0 Å². The summed E-state index contributed by atoms with van der Waals surface area (Å²) in [6.07, 6.45) is 0. The van der Waals surface area contributed by atoms with Crippen molar-refractivity contribution in [3.63, 3.8) is 0 Å². The van der Waals surface area contributed by atoms with Gasteiger partial charge < -0.3 is 0 Å². The summed E-state index contributed by atoms with van der Waals surface area (Å²) >= 11 is 2.31. The summed E-state index contributed by atoms with van der Waals surface area (Å²) < 4.78 is -0.0543. The molecule has 0 bridgehead atoms. The van der Waals surface area contributed by atoms with Crippen molar-refractivity contribution in [1.82, 2.24) is 20.2 Å². The third-order valence-corrected chi connectivity index (χ3v) is 2.03. The van der Waals surface area contributed by atoms with E-state index in [1.54, 1.807) is 4.80 Å². The Morgan fingerprint density at radius 3 is 1.92 bits per heavy atom. The van der Waals surface area contributed by atoms with E-state index in [0.717, 1.165) is 5.82 Å².